The minimum atomic E-state index is -0.728. The van der Waals surface area contributed by atoms with Crippen LogP contribution in [0.1, 0.15) is 36.3 Å². The molecule has 0 fully saturated rings. The van der Waals surface area contributed by atoms with Gasteiger partial charge >= 0.3 is 5.97 Å². The van der Waals surface area contributed by atoms with Crippen LogP contribution in [0.2, 0.25) is 10.0 Å². The highest BCUT2D eigenvalue weighted by Crippen LogP contribution is 2.45. The van der Waals surface area contributed by atoms with Crippen molar-refractivity contribution in [1.29, 1.82) is 0 Å². The molecule has 6 nitrogen and oxygen atoms in total. The van der Waals surface area contributed by atoms with E-state index in [1.54, 1.807) is 24.3 Å². The molecule has 0 aromatic heterocycles. The number of halogens is 2. The van der Waals surface area contributed by atoms with Crippen LogP contribution in [0.25, 0.3) is 0 Å². The fourth-order valence-corrected chi connectivity index (χ4v) is 4.42. The molecule has 166 valence electrons. The summed E-state index contributed by atoms with van der Waals surface area (Å²) >= 11 is 12.7. The van der Waals surface area contributed by atoms with Crippen LogP contribution in [0.4, 0.5) is 0 Å². The van der Waals surface area contributed by atoms with Gasteiger partial charge in [0.05, 0.1) is 18.1 Å². The Morgan fingerprint density at radius 3 is 2.66 bits per heavy atom. The monoisotopic (exact) mass is 473 g/mol. The molecule has 0 bridgehead atoms. The first-order valence-electron chi connectivity index (χ1n) is 10.1. The fraction of sp³-hybridized carbons (Fsp3) is 0.250. The number of Topliss-reactive ketones (excluding diaryl/α,β-unsaturated/α-hetero) is 1. The van der Waals surface area contributed by atoms with Crippen LogP contribution in [0.5, 0.6) is 5.75 Å². The van der Waals surface area contributed by atoms with Gasteiger partial charge in [0, 0.05) is 29.0 Å². The maximum absolute atomic E-state index is 12.8. The van der Waals surface area contributed by atoms with Crippen LogP contribution in [0.15, 0.2) is 65.3 Å². The van der Waals surface area contributed by atoms with Crippen molar-refractivity contribution in [3.8, 4) is 5.75 Å². The summed E-state index contributed by atoms with van der Waals surface area (Å²) in [6, 6.07) is 12.5. The number of carbonyl (C=O) groups is 2. The summed E-state index contributed by atoms with van der Waals surface area (Å²) in [7, 11) is 1.25. The molecule has 0 spiro atoms. The van der Waals surface area contributed by atoms with E-state index in [1.165, 1.54) is 7.11 Å². The number of methoxy groups -OCH3 is 1. The molecule has 1 aliphatic carbocycles. The summed E-state index contributed by atoms with van der Waals surface area (Å²) in [6.45, 7) is 0.240. The van der Waals surface area contributed by atoms with E-state index in [-0.39, 0.29) is 23.8 Å². The lowest BCUT2D eigenvalue weighted by Gasteiger charge is -2.32. The smallest absolute Gasteiger partial charge is 0.340 e. The van der Waals surface area contributed by atoms with Gasteiger partial charge in [-0.1, -0.05) is 47.5 Å². The topological polar surface area (TPSA) is 87.9 Å². The molecule has 1 aliphatic heterocycles. The van der Waals surface area contributed by atoms with Crippen molar-refractivity contribution >= 4 is 35.0 Å². The molecule has 8 heteroatoms. The van der Waals surface area contributed by atoms with Crippen molar-refractivity contribution < 1.29 is 23.8 Å². The quantitative estimate of drug-likeness (QED) is 0.612. The van der Waals surface area contributed by atoms with Gasteiger partial charge in [-0.3, -0.25) is 4.79 Å². The summed E-state index contributed by atoms with van der Waals surface area (Å²) < 4.78 is 16.4. The van der Waals surface area contributed by atoms with E-state index in [0.29, 0.717) is 52.0 Å². The Bertz CT molecular complexity index is 1150. The van der Waals surface area contributed by atoms with Crippen LogP contribution in [0.3, 0.4) is 0 Å². The van der Waals surface area contributed by atoms with E-state index < -0.39 is 11.9 Å². The number of esters is 1. The lowest BCUT2D eigenvalue weighted by atomic mass is 9.77. The predicted octanol–water partition coefficient (Wildman–Crippen LogP) is 5.04. The summed E-state index contributed by atoms with van der Waals surface area (Å²) in [5.41, 5.74) is 8.02. The number of ether oxygens (including phenoxy) is 3. The molecule has 1 heterocycles. The van der Waals surface area contributed by atoms with E-state index in [0.717, 1.165) is 5.56 Å². The number of ketones is 1. The Kier molecular flexibility index (Phi) is 6.44. The van der Waals surface area contributed by atoms with Crippen molar-refractivity contribution in [2.24, 2.45) is 5.73 Å². The van der Waals surface area contributed by atoms with Gasteiger partial charge in [0.1, 0.15) is 23.7 Å². The van der Waals surface area contributed by atoms with Gasteiger partial charge in [0.2, 0.25) is 5.88 Å². The van der Waals surface area contributed by atoms with E-state index in [1.807, 2.05) is 18.2 Å². The highest BCUT2D eigenvalue weighted by molar-refractivity contribution is 6.32. The molecule has 0 saturated carbocycles. The number of hydrogen-bond donors (Lipinski definition) is 1. The predicted molar refractivity (Wildman–Crippen MR) is 120 cm³/mol. The van der Waals surface area contributed by atoms with Gasteiger partial charge in [0.25, 0.3) is 0 Å². The second kappa shape index (κ2) is 9.27. The second-order valence-corrected chi connectivity index (χ2v) is 8.30. The standard InChI is InChI=1S/C24H21Cl2NO5/c1-30-24(29)22-20(21-17(28)7-4-8-19(21)32-23(22)27)13-9-10-18(16(26)11-13)31-12-14-5-2-3-6-15(14)25/h2-3,5-6,9-11,20H,4,7-8,12,27H2,1H3/t20-/m0/s1. The second-order valence-electron chi connectivity index (χ2n) is 7.49. The van der Waals surface area contributed by atoms with Crippen LogP contribution >= 0.6 is 23.2 Å². The van der Waals surface area contributed by atoms with Gasteiger partial charge in [-0.25, -0.2) is 4.79 Å². The molecule has 2 aromatic rings. The fourth-order valence-electron chi connectivity index (χ4n) is 3.98. The van der Waals surface area contributed by atoms with Gasteiger partial charge in [-0.05, 0) is 30.2 Å². The summed E-state index contributed by atoms with van der Waals surface area (Å²) in [5.74, 6) is -0.595. The number of carbonyl (C=O) groups excluding carboxylic acids is 2. The molecule has 0 unspecified atom stereocenters. The van der Waals surface area contributed by atoms with Crippen molar-refractivity contribution in [1.82, 2.24) is 0 Å². The molecule has 2 N–H and O–H groups in total. The lowest BCUT2D eigenvalue weighted by molar-refractivity contribution is -0.136. The van der Waals surface area contributed by atoms with Gasteiger partial charge in [-0.2, -0.15) is 0 Å². The van der Waals surface area contributed by atoms with Crippen molar-refractivity contribution in [2.75, 3.05) is 7.11 Å². The maximum Gasteiger partial charge on any atom is 0.340 e. The molecule has 0 amide bonds. The van der Waals surface area contributed by atoms with E-state index in [9.17, 15) is 9.59 Å². The Hall–Kier alpha value is -2.96. The molecule has 32 heavy (non-hydrogen) atoms. The summed E-state index contributed by atoms with van der Waals surface area (Å²) in [4.78, 5) is 25.3. The molecule has 4 rings (SSSR count). The van der Waals surface area contributed by atoms with E-state index in [2.05, 4.69) is 0 Å². The first-order chi connectivity index (χ1) is 15.4. The zero-order valence-electron chi connectivity index (χ0n) is 17.3. The number of nitrogens with two attached hydrogens (primary N) is 1. The number of rotatable bonds is 5. The van der Waals surface area contributed by atoms with Crippen molar-refractivity contribution in [3.63, 3.8) is 0 Å². The van der Waals surface area contributed by atoms with E-state index in [4.69, 9.17) is 43.1 Å². The number of allylic oxidation sites excluding steroid dienone is 2. The molecule has 1 atom stereocenters. The Morgan fingerprint density at radius 1 is 1.16 bits per heavy atom. The summed E-state index contributed by atoms with van der Waals surface area (Å²) in [5, 5.41) is 0.926. The van der Waals surface area contributed by atoms with Crippen molar-refractivity contribution in [3.05, 3.63) is 86.4 Å². The molecule has 0 radical (unpaired) electrons. The maximum atomic E-state index is 12.8. The number of hydrogen-bond acceptors (Lipinski definition) is 6. The molecular weight excluding hydrogens is 453 g/mol. The minimum absolute atomic E-state index is 0.0644. The third-order valence-electron chi connectivity index (χ3n) is 5.52. The lowest BCUT2D eigenvalue weighted by Crippen LogP contribution is -2.31. The Labute approximate surface area is 195 Å². The first-order valence-corrected chi connectivity index (χ1v) is 10.8. The van der Waals surface area contributed by atoms with Crippen molar-refractivity contribution in [2.45, 2.75) is 31.8 Å². The SMILES string of the molecule is COC(=O)C1=C(N)OC2=C(C(=O)CCC2)[C@@H]1c1ccc(OCc2ccccc2Cl)c(Cl)c1. The minimum Gasteiger partial charge on any atom is -0.487 e. The molecule has 2 aliphatic rings. The zero-order chi connectivity index (χ0) is 22.8. The van der Waals surface area contributed by atoms with Crippen LogP contribution < -0.4 is 10.5 Å². The molecular formula is C24H21Cl2NO5. The zero-order valence-corrected chi connectivity index (χ0v) is 18.8. The van der Waals surface area contributed by atoms with Crippen LogP contribution in [0, 0.1) is 0 Å². The largest absolute Gasteiger partial charge is 0.487 e. The average molecular weight is 474 g/mol. The van der Waals surface area contributed by atoms with Gasteiger partial charge in [-0.15, -0.1) is 0 Å². The highest BCUT2D eigenvalue weighted by atomic mass is 35.5. The third kappa shape index (κ3) is 4.20. The normalized spacial score (nSPS) is 18.2. The average Bonchev–Trinajstić information content (AvgIpc) is 2.78. The van der Waals surface area contributed by atoms with Crippen LogP contribution in [-0.4, -0.2) is 18.9 Å². The molecule has 0 saturated heterocycles. The Morgan fingerprint density at radius 2 is 1.94 bits per heavy atom. The number of benzene rings is 2. The van der Waals surface area contributed by atoms with Gasteiger partial charge in [0.15, 0.2) is 5.78 Å². The Balaban J connectivity index is 1.69. The molecule has 2 aromatic carbocycles. The van der Waals surface area contributed by atoms with Gasteiger partial charge < -0.3 is 19.9 Å². The van der Waals surface area contributed by atoms with Crippen LogP contribution in [-0.2, 0) is 25.7 Å². The third-order valence-corrected chi connectivity index (χ3v) is 6.18. The highest BCUT2D eigenvalue weighted by Gasteiger charge is 2.41. The first kappa shape index (κ1) is 22.2. The van der Waals surface area contributed by atoms with E-state index >= 15 is 0 Å². The summed E-state index contributed by atoms with van der Waals surface area (Å²) in [6.07, 6.45) is 1.61.